The van der Waals surface area contributed by atoms with E-state index in [1.807, 2.05) is 30.3 Å². The topological polar surface area (TPSA) is 90.0 Å². The Morgan fingerprint density at radius 2 is 1.97 bits per heavy atom. The van der Waals surface area contributed by atoms with Crippen molar-refractivity contribution in [1.82, 2.24) is 14.5 Å². The molecule has 0 aliphatic heterocycles. The molecule has 29 heavy (non-hydrogen) atoms. The standard InChI is InChI=1S/C21H20N4O3S/c1-11(2)17-16(13-8-6-5-7-9-13)23-21(29-17)24-18(26)14-12(3)28-19-15(14)20(27)25(4)10-22-19/h5-11H,1-4H3,(H,23,24,26). The predicted molar refractivity (Wildman–Crippen MR) is 114 cm³/mol. The number of anilines is 1. The fourth-order valence-corrected chi connectivity index (χ4v) is 4.18. The smallest absolute Gasteiger partial charge is 0.265 e. The molecule has 0 bridgehead atoms. The largest absolute Gasteiger partial charge is 0.442 e. The number of carbonyl (C=O) groups excluding carboxylic acids is 1. The number of amides is 1. The highest BCUT2D eigenvalue weighted by Gasteiger charge is 2.24. The SMILES string of the molecule is Cc1oc2ncn(C)c(=O)c2c1C(=O)Nc1nc(-c2ccccc2)c(C(C)C)s1. The summed E-state index contributed by atoms with van der Waals surface area (Å²) in [4.78, 5) is 35.4. The molecule has 8 heteroatoms. The normalized spacial score (nSPS) is 11.3. The number of thiazole rings is 1. The van der Waals surface area contributed by atoms with Gasteiger partial charge in [0.05, 0.1) is 11.3 Å². The molecular weight excluding hydrogens is 388 g/mol. The monoisotopic (exact) mass is 408 g/mol. The van der Waals surface area contributed by atoms with Crippen LogP contribution in [-0.2, 0) is 7.05 Å². The second-order valence-electron chi connectivity index (χ2n) is 7.08. The summed E-state index contributed by atoms with van der Waals surface area (Å²) in [7, 11) is 1.58. The lowest BCUT2D eigenvalue weighted by molar-refractivity contribution is 0.102. The number of hydrogen-bond acceptors (Lipinski definition) is 6. The Labute approximate surface area is 171 Å². The molecule has 0 aliphatic rings. The first-order chi connectivity index (χ1) is 13.9. The van der Waals surface area contributed by atoms with E-state index in [9.17, 15) is 9.59 Å². The number of furan rings is 1. The molecule has 1 amide bonds. The number of aromatic nitrogens is 3. The van der Waals surface area contributed by atoms with Crippen molar-refractivity contribution in [3.63, 3.8) is 0 Å². The minimum absolute atomic E-state index is 0.155. The minimum atomic E-state index is -0.435. The first kappa shape index (κ1) is 19.1. The van der Waals surface area contributed by atoms with Gasteiger partial charge < -0.3 is 8.98 Å². The van der Waals surface area contributed by atoms with Crippen LogP contribution in [0, 0.1) is 6.92 Å². The fourth-order valence-electron chi connectivity index (χ4n) is 3.20. The van der Waals surface area contributed by atoms with E-state index in [1.54, 1.807) is 14.0 Å². The van der Waals surface area contributed by atoms with E-state index < -0.39 is 5.91 Å². The van der Waals surface area contributed by atoms with Crippen LogP contribution in [0.1, 0.15) is 40.8 Å². The molecule has 3 heterocycles. The van der Waals surface area contributed by atoms with Crippen LogP contribution in [0.15, 0.2) is 45.9 Å². The molecule has 4 rings (SSSR count). The molecule has 0 saturated carbocycles. The van der Waals surface area contributed by atoms with Gasteiger partial charge in [-0.15, -0.1) is 11.3 Å². The fraction of sp³-hybridized carbons (Fsp3) is 0.238. The van der Waals surface area contributed by atoms with Crippen molar-refractivity contribution in [1.29, 1.82) is 0 Å². The second kappa shape index (κ2) is 7.29. The molecule has 0 saturated heterocycles. The maximum Gasteiger partial charge on any atom is 0.265 e. The Morgan fingerprint density at radius 1 is 1.24 bits per heavy atom. The number of hydrogen-bond donors (Lipinski definition) is 1. The Bertz CT molecular complexity index is 1270. The second-order valence-corrected chi connectivity index (χ2v) is 8.11. The van der Waals surface area contributed by atoms with Gasteiger partial charge in [-0.2, -0.15) is 0 Å². The molecule has 0 spiro atoms. The number of fused-ring (bicyclic) bond motifs is 1. The lowest BCUT2D eigenvalue weighted by Gasteiger charge is -2.04. The minimum Gasteiger partial charge on any atom is -0.442 e. The first-order valence-corrected chi connectivity index (χ1v) is 10.0. The number of nitrogens with one attached hydrogen (secondary N) is 1. The maximum absolute atomic E-state index is 13.0. The van der Waals surface area contributed by atoms with Gasteiger partial charge in [0.2, 0.25) is 5.71 Å². The van der Waals surface area contributed by atoms with Crippen LogP contribution in [0.4, 0.5) is 5.13 Å². The highest BCUT2D eigenvalue weighted by Crippen LogP contribution is 2.36. The summed E-state index contributed by atoms with van der Waals surface area (Å²) in [6.45, 7) is 5.83. The highest BCUT2D eigenvalue weighted by molar-refractivity contribution is 7.16. The third kappa shape index (κ3) is 3.36. The van der Waals surface area contributed by atoms with Crippen LogP contribution in [0.3, 0.4) is 0 Å². The van der Waals surface area contributed by atoms with Gasteiger partial charge in [-0.25, -0.2) is 9.97 Å². The summed E-state index contributed by atoms with van der Waals surface area (Å²) in [6.07, 6.45) is 1.37. The zero-order valence-corrected chi connectivity index (χ0v) is 17.3. The van der Waals surface area contributed by atoms with Gasteiger partial charge in [0.25, 0.3) is 11.5 Å². The van der Waals surface area contributed by atoms with Gasteiger partial charge >= 0.3 is 0 Å². The van der Waals surface area contributed by atoms with Crippen LogP contribution in [0.25, 0.3) is 22.4 Å². The van der Waals surface area contributed by atoms with E-state index in [4.69, 9.17) is 4.42 Å². The van der Waals surface area contributed by atoms with E-state index in [0.29, 0.717) is 10.9 Å². The molecule has 0 radical (unpaired) electrons. The quantitative estimate of drug-likeness (QED) is 0.543. The number of carbonyl (C=O) groups is 1. The van der Waals surface area contributed by atoms with Crippen molar-refractivity contribution in [3.05, 3.63) is 63.2 Å². The van der Waals surface area contributed by atoms with E-state index in [0.717, 1.165) is 16.1 Å². The summed E-state index contributed by atoms with van der Waals surface area (Å²) in [5.74, 6) is 0.161. The Balaban J connectivity index is 1.75. The zero-order chi connectivity index (χ0) is 20.7. The molecule has 1 aromatic carbocycles. The van der Waals surface area contributed by atoms with Gasteiger partial charge in [0.1, 0.15) is 17.5 Å². The van der Waals surface area contributed by atoms with E-state index in [1.165, 1.54) is 22.2 Å². The molecule has 4 aromatic rings. The number of nitrogens with zero attached hydrogens (tertiary/aromatic N) is 3. The van der Waals surface area contributed by atoms with Crippen molar-refractivity contribution in [2.24, 2.45) is 7.05 Å². The van der Waals surface area contributed by atoms with Crippen LogP contribution in [-0.4, -0.2) is 20.4 Å². The molecule has 0 unspecified atom stereocenters. The third-order valence-electron chi connectivity index (χ3n) is 4.62. The Morgan fingerprint density at radius 3 is 2.66 bits per heavy atom. The predicted octanol–water partition coefficient (Wildman–Crippen LogP) is 4.33. The summed E-state index contributed by atoms with van der Waals surface area (Å²) in [5, 5.41) is 3.50. The summed E-state index contributed by atoms with van der Waals surface area (Å²) < 4.78 is 6.85. The van der Waals surface area contributed by atoms with E-state index in [2.05, 4.69) is 29.1 Å². The van der Waals surface area contributed by atoms with Gasteiger partial charge in [0.15, 0.2) is 5.13 Å². The molecule has 1 N–H and O–H groups in total. The Kier molecular flexibility index (Phi) is 4.79. The van der Waals surface area contributed by atoms with Crippen LogP contribution < -0.4 is 10.9 Å². The van der Waals surface area contributed by atoms with Crippen molar-refractivity contribution in [2.75, 3.05) is 5.32 Å². The van der Waals surface area contributed by atoms with E-state index >= 15 is 0 Å². The van der Waals surface area contributed by atoms with Gasteiger partial charge in [-0.3, -0.25) is 14.9 Å². The molecule has 0 atom stereocenters. The molecule has 3 aromatic heterocycles. The average molecular weight is 408 g/mol. The van der Waals surface area contributed by atoms with Crippen molar-refractivity contribution in [2.45, 2.75) is 26.7 Å². The molecule has 7 nitrogen and oxygen atoms in total. The van der Waals surface area contributed by atoms with Crippen LogP contribution in [0.2, 0.25) is 0 Å². The molecule has 148 valence electrons. The number of rotatable bonds is 4. The number of benzene rings is 1. The van der Waals surface area contributed by atoms with Gasteiger partial charge in [0, 0.05) is 17.5 Å². The zero-order valence-electron chi connectivity index (χ0n) is 16.5. The lowest BCUT2D eigenvalue weighted by Crippen LogP contribution is -2.20. The van der Waals surface area contributed by atoms with Gasteiger partial charge in [-0.1, -0.05) is 44.2 Å². The number of aryl methyl sites for hydroxylation is 2. The average Bonchev–Trinajstić information content (AvgIpc) is 3.26. The summed E-state index contributed by atoms with van der Waals surface area (Å²) in [6, 6.07) is 9.86. The van der Waals surface area contributed by atoms with Crippen LogP contribution in [0.5, 0.6) is 0 Å². The molecule has 0 aliphatic carbocycles. The van der Waals surface area contributed by atoms with Crippen molar-refractivity contribution < 1.29 is 9.21 Å². The Hall–Kier alpha value is -3.26. The van der Waals surface area contributed by atoms with Crippen molar-refractivity contribution >= 4 is 33.5 Å². The maximum atomic E-state index is 13.0. The third-order valence-corrected chi connectivity index (χ3v) is 5.89. The van der Waals surface area contributed by atoms with Crippen LogP contribution >= 0.6 is 11.3 Å². The summed E-state index contributed by atoms with van der Waals surface area (Å²) >= 11 is 1.43. The van der Waals surface area contributed by atoms with Gasteiger partial charge in [-0.05, 0) is 12.8 Å². The lowest BCUT2D eigenvalue weighted by atomic mass is 10.1. The molecule has 0 fully saturated rings. The molecular formula is C21H20N4O3S. The summed E-state index contributed by atoms with van der Waals surface area (Å²) in [5.41, 5.74) is 1.87. The van der Waals surface area contributed by atoms with E-state index in [-0.39, 0.29) is 28.1 Å². The highest BCUT2D eigenvalue weighted by atomic mass is 32.1. The first-order valence-electron chi connectivity index (χ1n) is 9.19. The van der Waals surface area contributed by atoms with Crippen molar-refractivity contribution in [3.8, 4) is 11.3 Å².